The molecule has 0 unspecified atom stereocenters. The van der Waals surface area contributed by atoms with Crippen LogP contribution in [0, 0.1) is 5.92 Å². The minimum absolute atomic E-state index is 0.0726. The molecule has 1 aromatic heterocycles. The van der Waals surface area contributed by atoms with Crippen LogP contribution in [-0.4, -0.2) is 57.3 Å². The predicted octanol–water partition coefficient (Wildman–Crippen LogP) is 3.60. The summed E-state index contributed by atoms with van der Waals surface area (Å²) in [5, 5.41) is 0. The van der Waals surface area contributed by atoms with Gasteiger partial charge in [-0.1, -0.05) is 44.2 Å². The van der Waals surface area contributed by atoms with Gasteiger partial charge >= 0.3 is 0 Å². The number of carbonyl (C=O) groups is 2. The predicted molar refractivity (Wildman–Crippen MR) is 117 cm³/mol. The Kier molecular flexibility index (Phi) is 5.67. The molecule has 6 heteroatoms. The number of nitrogens with zero attached hydrogens (tertiary/aromatic N) is 4. The van der Waals surface area contributed by atoms with Gasteiger partial charge in [-0.25, -0.2) is 4.98 Å². The van der Waals surface area contributed by atoms with Gasteiger partial charge in [0.05, 0.1) is 11.7 Å². The maximum atomic E-state index is 13.4. The Bertz CT molecular complexity index is 930. The average molecular weight is 409 g/mol. The molecule has 2 atom stereocenters. The van der Waals surface area contributed by atoms with Gasteiger partial charge in [-0.05, 0) is 25.7 Å². The third-order valence-corrected chi connectivity index (χ3v) is 6.74. The van der Waals surface area contributed by atoms with Crippen molar-refractivity contribution in [2.75, 3.05) is 14.1 Å². The first-order valence-electron chi connectivity index (χ1n) is 11.1. The normalized spacial score (nSPS) is 20.2. The summed E-state index contributed by atoms with van der Waals surface area (Å²) in [4.78, 5) is 34.9. The number of carbonyl (C=O) groups excluding carboxylic acids is 2. The molecule has 2 aromatic rings. The lowest BCUT2D eigenvalue weighted by Gasteiger charge is -2.31. The van der Waals surface area contributed by atoms with E-state index in [1.54, 1.807) is 19.0 Å². The smallest absolute Gasteiger partial charge is 0.273 e. The Balaban J connectivity index is 1.79. The first-order chi connectivity index (χ1) is 14.5. The molecule has 6 nitrogen and oxygen atoms in total. The van der Waals surface area contributed by atoms with E-state index < -0.39 is 0 Å². The number of aromatic nitrogens is 2. The topological polar surface area (TPSA) is 58.4 Å². The third-order valence-electron chi connectivity index (χ3n) is 6.74. The van der Waals surface area contributed by atoms with Crippen molar-refractivity contribution < 1.29 is 9.59 Å². The van der Waals surface area contributed by atoms with Gasteiger partial charge < -0.3 is 14.4 Å². The zero-order chi connectivity index (χ0) is 21.4. The fourth-order valence-electron chi connectivity index (χ4n) is 5.06. The van der Waals surface area contributed by atoms with Gasteiger partial charge in [-0.15, -0.1) is 0 Å². The molecule has 0 spiro atoms. The van der Waals surface area contributed by atoms with Crippen molar-refractivity contribution in [2.45, 2.75) is 64.6 Å². The van der Waals surface area contributed by atoms with E-state index in [9.17, 15) is 9.59 Å². The monoisotopic (exact) mass is 408 g/mol. The van der Waals surface area contributed by atoms with Gasteiger partial charge in [-0.3, -0.25) is 9.59 Å². The Morgan fingerprint density at radius 1 is 1.10 bits per heavy atom. The number of benzene rings is 1. The summed E-state index contributed by atoms with van der Waals surface area (Å²) < 4.78 is 2.21. The standard InChI is InChI=1S/C24H32N4O2/c1-5-16(6-2)23(29)28-18-12-13-19(28)15-27-20(14-18)21(24(30)26(3)4)25-22(27)17-10-8-7-9-11-17/h7-11,16,18-19H,5-6,12-15H2,1-4H3/t18-,19+/m0/s1. The maximum absolute atomic E-state index is 13.4. The Hall–Kier alpha value is -2.63. The SMILES string of the molecule is CCC(CC)C(=O)N1[C@@H]2CC[C@H]1Cc1c(C(=O)N(C)C)nc(-c3ccccc3)n1C2. The summed E-state index contributed by atoms with van der Waals surface area (Å²) in [5.41, 5.74) is 2.51. The first-order valence-corrected chi connectivity index (χ1v) is 11.1. The molecule has 4 rings (SSSR count). The third kappa shape index (κ3) is 3.42. The van der Waals surface area contributed by atoms with Crippen LogP contribution >= 0.6 is 0 Å². The summed E-state index contributed by atoms with van der Waals surface area (Å²) >= 11 is 0. The van der Waals surface area contributed by atoms with Crippen molar-refractivity contribution in [1.29, 1.82) is 0 Å². The lowest BCUT2D eigenvalue weighted by molar-refractivity contribution is -0.138. The molecule has 160 valence electrons. The highest BCUT2D eigenvalue weighted by atomic mass is 16.2. The number of hydrogen-bond donors (Lipinski definition) is 0. The molecule has 1 aromatic carbocycles. The van der Waals surface area contributed by atoms with Crippen LogP contribution in [0.2, 0.25) is 0 Å². The Labute approximate surface area is 178 Å². The lowest BCUT2D eigenvalue weighted by atomic mass is 10.00. The Morgan fingerprint density at radius 2 is 1.77 bits per heavy atom. The van der Waals surface area contributed by atoms with Gasteiger partial charge in [0.25, 0.3) is 5.91 Å². The lowest BCUT2D eigenvalue weighted by Crippen LogP contribution is -2.45. The van der Waals surface area contributed by atoms with Crippen LogP contribution in [0.5, 0.6) is 0 Å². The summed E-state index contributed by atoms with van der Waals surface area (Å²) in [6.07, 6.45) is 4.45. The molecular weight excluding hydrogens is 376 g/mol. The molecule has 2 aliphatic rings. The summed E-state index contributed by atoms with van der Waals surface area (Å²) in [6.45, 7) is 4.90. The quantitative estimate of drug-likeness (QED) is 0.759. The molecule has 0 saturated carbocycles. The van der Waals surface area contributed by atoms with E-state index in [1.165, 1.54) is 0 Å². The second-order valence-electron chi connectivity index (χ2n) is 8.75. The van der Waals surface area contributed by atoms with Crippen molar-refractivity contribution in [2.24, 2.45) is 5.92 Å². The molecule has 1 saturated heterocycles. The van der Waals surface area contributed by atoms with E-state index in [0.717, 1.165) is 42.8 Å². The molecule has 3 heterocycles. The first kappa shape index (κ1) is 20.6. The van der Waals surface area contributed by atoms with Crippen molar-refractivity contribution >= 4 is 11.8 Å². The Morgan fingerprint density at radius 3 is 2.40 bits per heavy atom. The number of rotatable bonds is 5. The van der Waals surface area contributed by atoms with E-state index in [1.807, 2.05) is 30.3 Å². The largest absolute Gasteiger partial charge is 0.343 e. The van der Waals surface area contributed by atoms with Gasteiger partial charge in [0.1, 0.15) is 11.5 Å². The number of imidazole rings is 1. The van der Waals surface area contributed by atoms with E-state index in [2.05, 4.69) is 23.3 Å². The summed E-state index contributed by atoms with van der Waals surface area (Å²) in [6, 6.07) is 10.4. The van der Waals surface area contributed by atoms with Crippen LogP contribution in [0.4, 0.5) is 0 Å². The second kappa shape index (κ2) is 8.25. The minimum Gasteiger partial charge on any atom is -0.343 e. The number of hydrogen-bond acceptors (Lipinski definition) is 3. The minimum atomic E-state index is -0.0726. The molecule has 2 aliphatic heterocycles. The van der Waals surface area contributed by atoms with Gasteiger partial charge in [0.2, 0.25) is 5.91 Å². The van der Waals surface area contributed by atoms with Crippen LogP contribution in [0.1, 0.15) is 55.7 Å². The second-order valence-corrected chi connectivity index (χ2v) is 8.75. The molecule has 30 heavy (non-hydrogen) atoms. The van der Waals surface area contributed by atoms with E-state index in [4.69, 9.17) is 4.98 Å². The molecule has 0 radical (unpaired) electrons. The van der Waals surface area contributed by atoms with E-state index in [0.29, 0.717) is 18.7 Å². The van der Waals surface area contributed by atoms with Crippen molar-refractivity contribution in [3.8, 4) is 11.4 Å². The van der Waals surface area contributed by atoms with Crippen molar-refractivity contribution in [3.05, 3.63) is 41.7 Å². The van der Waals surface area contributed by atoms with Crippen LogP contribution in [0.25, 0.3) is 11.4 Å². The molecular formula is C24H32N4O2. The molecule has 1 fully saturated rings. The van der Waals surface area contributed by atoms with E-state index in [-0.39, 0.29) is 29.8 Å². The maximum Gasteiger partial charge on any atom is 0.273 e. The fourth-order valence-corrected chi connectivity index (χ4v) is 5.06. The molecule has 2 amide bonds. The van der Waals surface area contributed by atoms with Gasteiger partial charge in [0.15, 0.2) is 0 Å². The molecule has 0 N–H and O–H groups in total. The van der Waals surface area contributed by atoms with Crippen molar-refractivity contribution in [3.63, 3.8) is 0 Å². The van der Waals surface area contributed by atoms with Crippen LogP contribution in [-0.2, 0) is 17.8 Å². The summed E-state index contributed by atoms with van der Waals surface area (Å²) in [7, 11) is 3.53. The van der Waals surface area contributed by atoms with Gasteiger partial charge in [-0.2, -0.15) is 0 Å². The van der Waals surface area contributed by atoms with Crippen LogP contribution < -0.4 is 0 Å². The zero-order valence-corrected chi connectivity index (χ0v) is 18.5. The summed E-state index contributed by atoms with van der Waals surface area (Å²) in [5.74, 6) is 1.13. The van der Waals surface area contributed by atoms with Crippen LogP contribution in [0.15, 0.2) is 30.3 Å². The van der Waals surface area contributed by atoms with Gasteiger partial charge in [0, 0.05) is 44.6 Å². The zero-order valence-electron chi connectivity index (χ0n) is 18.5. The molecule has 2 bridgehead atoms. The highest BCUT2D eigenvalue weighted by molar-refractivity contribution is 5.94. The number of fused-ring (bicyclic) bond motifs is 3. The number of amides is 2. The highest BCUT2D eigenvalue weighted by Crippen LogP contribution is 2.37. The average Bonchev–Trinajstić information content (AvgIpc) is 3.24. The highest BCUT2D eigenvalue weighted by Gasteiger charge is 2.43. The van der Waals surface area contributed by atoms with Crippen molar-refractivity contribution in [1.82, 2.24) is 19.4 Å². The molecule has 0 aliphatic carbocycles. The fraction of sp³-hybridized carbons (Fsp3) is 0.542. The van der Waals surface area contributed by atoms with E-state index >= 15 is 0 Å². The van der Waals surface area contributed by atoms with Crippen LogP contribution in [0.3, 0.4) is 0 Å².